The molecule has 41 heavy (non-hydrogen) atoms. The number of ether oxygens (including phenoxy) is 2. The summed E-state index contributed by atoms with van der Waals surface area (Å²) in [5.74, 6) is -0.992. The van der Waals surface area contributed by atoms with E-state index in [1.165, 1.54) is 38.8 Å². The van der Waals surface area contributed by atoms with Crippen LogP contribution < -0.4 is 113 Å². The number of carboxylic acids is 1. The molecule has 15 heteroatoms. The first kappa shape index (κ1) is 49.4. The number of aliphatic carboxylic acids is 1. The van der Waals surface area contributed by atoms with Crippen molar-refractivity contribution in [3.05, 3.63) is 0 Å². The molecule has 3 atom stereocenters. The average Bonchev–Trinajstić information content (AvgIpc) is 3.74. The molecule has 0 spiro atoms. The quantitative estimate of drug-likeness (QED) is 0.0629. The third-order valence-corrected chi connectivity index (χ3v) is 6.34. The van der Waals surface area contributed by atoms with Crippen LogP contribution in [0.5, 0.6) is 0 Å². The Morgan fingerprint density at radius 2 is 1.22 bits per heavy atom. The van der Waals surface area contributed by atoms with Crippen molar-refractivity contribution in [3.8, 4) is 0 Å². The van der Waals surface area contributed by atoms with Crippen LogP contribution >= 0.6 is 15.9 Å². The molecule has 0 aromatic carbocycles. The van der Waals surface area contributed by atoms with Gasteiger partial charge >= 0.3 is 121 Å². The Bertz CT molecular complexity index is 651. The first-order chi connectivity index (χ1) is 18.6. The van der Waals surface area contributed by atoms with Gasteiger partial charge in [-0.3, -0.25) is 29.0 Å². The van der Waals surface area contributed by atoms with E-state index in [2.05, 4.69) is 35.8 Å². The van der Waals surface area contributed by atoms with Crippen LogP contribution in [0.1, 0.15) is 74.6 Å². The molecular weight excluding hydrogens is 656 g/mol. The van der Waals surface area contributed by atoms with Gasteiger partial charge in [0.1, 0.15) is 16.9 Å². The number of halogens is 1. The van der Waals surface area contributed by atoms with Gasteiger partial charge in [0.2, 0.25) is 0 Å². The molecule has 3 aliphatic rings. The Balaban J connectivity index is -0.000000140. The number of nitrogens with one attached hydrogen (secondary N) is 1. The Hall–Kier alpha value is 1.47. The van der Waals surface area contributed by atoms with Gasteiger partial charge in [-0.25, -0.2) is 0 Å². The topological polar surface area (TPSA) is 158 Å². The number of nitrogens with zero attached hydrogens (tertiary/aromatic N) is 2. The van der Waals surface area contributed by atoms with Gasteiger partial charge in [0.25, 0.3) is 6.47 Å². The van der Waals surface area contributed by atoms with Gasteiger partial charge in [-0.15, -0.1) is 0 Å². The summed E-state index contributed by atoms with van der Waals surface area (Å²) in [5, 5.41) is 20.3. The minimum atomic E-state index is -0.707. The molecule has 0 bridgehead atoms. The maximum Gasteiger partial charge on any atom is 1.00 e. The van der Waals surface area contributed by atoms with Crippen LogP contribution in [-0.4, -0.2) is 109 Å². The number of hydrogen-bond acceptors (Lipinski definition) is 11. The first-order valence-electron chi connectivity index (χ1n) is 13.7. The van der Waals surface area contributed by atoms with Crippen molar-refractivity contribution in [1.29, 1.82) is 0 Å². The predicted octanol–water partition coefficient (Wildman–Crippen LogP) is -4.15. The van der Waals surface area contributed by atoms with Crippen molar-refractivity contribution in [2.45, 2.75) is 90.1 Å². The Morgan fingerprint density at radius 3 is 1.46 bits per heavy atom. The molecular formula is C26H50BrK2N3O9. The van der Waals surface area contributed by atoms with Crippen LogP contribution in [0.15, 0.2) is 0 Å². The number of esters is 2. The summed E-state index contributed by atoms with van der Waals surface area (Å²) >= 11 is 3.07. The second-order valence-electron chi connectivity index (χ2n) is 8.95. The van der Waals surface area contributed by atoms with E-state index in [9.17, 15) is 14.4 Å². The van der Waals surface area contributed by atoms with E-state index >= 15 is 0 Å². The third kappa shape index (κ3) is 28.7. The fourth-order valence-electron chi connectivity index (χ4n) is 3.71. The van der Waals surface area contributed by atoms with Crippen molar-refractivity contribution in [2.75, 3.05) is 52.5 Å². The van der Waals surface area contributed by atoms with E-state index in [0.29, 0.717) is 13.2 Å². The van der Waals surface area contributed by atoms with Crippen molar-refractivity contribution < 1.29 is 148 Å². The molecule has 0 aromatic rings. The van der Waals surface area contributed by atoms with Gasteiger partial charge in [-0.05, 0) is 112 Å². The van der Waals surface area contributed by atoms with Crippen molar-refractivity contribution in [1.82, 2.24) is 15.1 Å². The summed E-state index contributed by atoms with van der Waals surface area (Å²) in [7, 11) is 0. The van der Waals surface area contributed by atoms with Gasteiger partial charge in [0, 0.05) is 0 Å². The monoisotopic (exact) mass is 705 g/mol. The molecule has 0 aliphatic carbocycles. The van der Waals surface area contributed by atoms with Gasteiger partial charge in [0.05, 0.1) is 13.2 Å². The summed E-state index contributed by atoms with van der Waals surface area (Å²) in [5.41, 5.74) is 0. The Morgan fingerprint density at radius 1 is 0.854 bits per heavy atom. The number of alkyl halides is 1. The average molecular weight is 707 g/mol. The van der Waals surface area contributed by atoms with Crippen LogP contribution in [0.2, 0.25) is 0 Å². The molecule has 3 saturated heterocycles. The number of carboxylic acid groups (broad SMARTS) is 1. The number of hydrogen-bond donors (Lipinski definition) is 2. The number of carbonyl (C=O) groups is 4. The molecule has 3 rings (SSSR count). The van der Waals surface area contributed by atoms with Crippen molar-refractivity contribution in [3.63, 3.8) is 0 Å². The molecule has 3 heterocycles. The van der Waals surface area contributed by atoms with E-state index in [-0.39, 0.29) is 140 Å². The molecule has 0 saturated carbocycles. The zero-order valence-corrected chi connectivity index (χ0v) is 34.0. The molecule has 2 N–H and O–H groups in total. The van der Waals surface area contributed by atoms with E-state index < -0.39 is 5.97 Å². The smallest absolute Gasteiger partial charge is 1.00 e. The summed E-state index contributed by atoms with van der Waals surface area (Å²) in [4.78, 5) is 47.4. The number of rotatable bonds is 8. The largest absolute Gasteiger partial charge is 1.00 e. The van der Waals surface area contributed by atoms with Crippen LogP contribution in [0, 0.1) is 0 Å². The van der Waals surface area contributed by atoms with E-state index in [1.807, 2.05) is 18.7 Å². The zero-order valence-electron chi connectivity index (χ0n) is 27.2. The van der Waals surface area contributed by atoms with Crippen molar-refractivity contribution >= 4 is 40.3 Å². The summed E-state index contributed by atoms with van der Waals surface area (Å²) in [6.45, 7) is 16.3. The normalized spacial score (nSPS) is 17.6. The Kier molecular flexibility index (Phi) is 41.3. The first-order valence-corrected chi connectivity index (χ1v) is 14.6. The number of likely N-dealkylation sites (tertiary alicyclic amines) is 2. The standard InChI is InChI=1S/C9H17NO2.C7H13NO2.C5H9BrO2.C4H9N.CH2O3.2K.H/c1-3-12-9(11)8(2)10-6-4-5-7-10;1-6(7(9)10)8-4-2-3-5-8;1-3-8-5(7)4(2)6;1-2-4-5-3-1;2-1-4-3;;;/h8H,3-7H2,1-2H3;6H,2-5H2,1H3,(H,9,10);4H,3H2,1-2H3;5H,1-4H2;1,3H;;;/q;;;;;2*+1;-1/p-1. The maximum absolute atomic E-state index is 11.3. The van der Waals surface area contributed by atoms with Crippen LogP contribution in [-0.2, 0) is 33.5 Å². The fourth-order valence-corrected chi connectivity index (χ4v) is 3.84. The second-order valence-corrected chi connectivity index (χ2v) is 10.3. The van der Waals surface area contributed by atoms with Gasteiger partial charge in [-0.2, -0.15) is 0 Å². The molecule has 0 radical (unpaired) electrons. The van der Waals surface area contributed by atoms with Gasteiger partial charge < -0.3 is 31.5 Å². The van der Waals surface area contributed by atoms with E-state index in [1.54, 1.807) is 20.8 Å². The molecule has 0 aromatic heterocycles. The SMILES string of the molecule is C1CCNC1.CC(C(=O)O)N1CCCC1.CCOC(=O)C(C)Br.CCOC(=O)C(C)N1CCCC1.O=CO[O-].[H-].[K+].[K+]. The van der Waals surface area contributed by atoms with E-state index in [0.717, 1.165) is 39.0 Å². The second kappa shape index (κ2) is 34.3. The summed E-state index contributed by atoms with van der Waals surface area (Å²) in [6.07, 6.45) is 7.50. The van der Waals surface area contributed by atoms with Crippen LogP contribution in [0.25, 0.3) is 0 Å². The summed E-state index contributed by atoms with van der Waals surface area (Å²) < 4.78 is 9.55. The summed E-state index contributed by atoms with van der Waals surface area (Å²) in [6, 6.07) is -0.338. The zero-order chi connectivity index (χ0) is 30.1. The maximum atomic E-state index is 11.3. The third-order valence-electron chi connectivity index (χ3n) is 5.97. The van der Waals surface area contributed by atoms with Crippen LogP contribution in [0.4, 0.5) is 0 Å². The van der Waals surface area contributed by atoms with E-state index in [4.69, 9.17) is 19.9 Å². The molecule has 0 amide bonds. The van der Waals surface area contributed by atoms with Gasteiger partial charge in [0.15, 0.2) is 0 Å². The van der Waals surface area contributed by atoms with Crippen molar-refractivity contribution in [2.24, 2.45) is 0 Å². The fraction of sp³-hybridized carbons (Fsp3) is 0.846. The molecule has 12 nitrogen and oxygen atoms in total. The molecule has 3 unspecified atom stereocenters. The predicted molar refractivity (Wildman–Crippen MR) is 150 cm³/mol. The molecule has 232 valence electrons. The molecule has 3 aliphatic heterocycles. The minimum Gasteiger partial charge on any atom is -1.00 e. The van der Waals surface area contributed by atoms with Crippen LogP contribution in [0.3, 0.4) is 0 Å². The van der Waals surface area contributed by atoms with Gasteiger partial charge in [-0.1, -0.05) is 15.9 Å². The minimum absolute atomic E-state index is 0. The number of carbonyl (C=O) groups excluding carboxylic acids is 3. The Labute approximate surface area is 341 Å². The molecule has 3 fully saturated rings.